The van der Waals surface area contributed by atoms with E-state index in [9.17, 15) is 4.39 Å². The fourth-order valence-electron chi connectivity index (χ4n) is 1.62. The number of rotatable bonds is 4. The van der Waals surface area contributed by atoms with E-state index in [1.54, 1.807) is 17.4 Å². The summed E-state index contributed by atoms with van der Waals surface area (Å²) in [5.74, 6) is 0.284. The highest BCUT2D eigenvalue weighted by Crippen LogP contribution is 2.31. The lowest BCUT2D eigenvalue weighted by atomic mass is 10.1. The van der Waals surface area contributed by atoms with Gasteiger partial charge in [0.25, 0.3) is 0 Å². The van der Waals surface area contributed by atoms with E-state index in [0.717, 1.165) is 5.56 Å². The molecular weight excluding hydrogens is 317 g/mol. The number of thiophene rings is 1. The highest BCUT2D eigenvalue weighted by atomic mass is 79.9. The largest absolute Gasteiger partial charge is 0.483 e. The van der Waals surface area contributed by atoms with Crippen molar-refractivity contribution in [1.29, 1.82) is 0 Å². The summed E-state index contributed by atoms with van der Waals surface area (Å²) in [6.45, 7) is 1.89. The first kappa shape index (κ1) is 13.5. The van der Waals surface area contributed by atoms with Gasteiger partial charge in [-0.25, -0.2) is 4.39 Å². The van der Waals surface area contributed by atoms with Crippen molar-refractivity contribution in [3.05, 3.63) is 50.9 Å². The molecule has 2 N–H and O–H groups in total. The summed E-state index contributed by atoms with van der Waals surface area (Å²) in [5, 5.41) is 3.99. The molecule has 0 saturated carbocycles. The van der Waals surface area contributed by atoms with Crippen molar-refractivity contribution < 1.29 is 9.13 Å². The number of benzene rings is 1. The van der Waals surface area contributed by atoms with Crippen molar-refractivity contribution >= 4 is 27.3 Å². The smallest absolute Gasteiger partial charge is 0.139 e. The van der Waals surface area contributed by atoms with Gasteiger partial charge in [-0.05, 0) is 57.9 Å². The summed E-state index contributed by atoms with van der Waals surface area (Å²) in [6.07, 6.45) is -0.238. The fourth-order valence-corrected chi connectivity index (χ4v) is 2.75. The lowest BCUT2D eigenvalue weighted by Gasteiger charge is -2.22. The third kappa shape index (κ3) is 3.10. The minimum atomic E-state index is -0.304. The number of hydrogen-bond acceptors (Lipinski definition) is 3. The Morgan fingerprint density at radius 2 is 2.17 bits per heavy atom. The van der Waals surface area contributed by atoms with Crippen molar-refractivity contribution in [2.75, 3.05) is 0 Å². The van der Waals surface area contributed by atoms with Gasteiger partial charge in [-0.1, -0.05) is 0 Å². The van der Waals surface area contributed by atoms with Gasteiger partial charge in [-0.2, -0.15) is 11.3 Å². The summed E-state index contributed by atoms with van der Waals surface area (Å²) in [5.41, 5.74) is 6.98. The number of ether oxygens (including phenoxy) is 1. The van der Waals surface area contributed by atoms with Gasteiger partial charge in [0, 0.05) is 11.6 Å². The molecule has 18 heavy (non-hydrogen) atoms. The first-order valence-corrected chi connectivity index (χ1v) is 7.21. The molecule has 0 radical (unpaired) electrons. The minimum Gasteiger partial charge on any atom is -0.483 e. The first-order valence-electron chi connectivity index (χ1n) is 5.47. The van der Waals surface area contributed by atoms with E-state index in [4.69, 9.17) is 10.5 Å². The molecule has 1 aromatic heterocycles. The van der Waals surface area contributed by atoms with Crippen LogP contribution < -0.4 is 10.5 Å². The van der Waals surface area contributed by atoms with Crippen molar-refractivity contribution in [2.24, 2.45) is 5.73 Å². The molecular formula is C13H13BrFNOS. The van der Waals surface area contributed by atoms with Crippen LogP contribution in [0.4, 0.5) is 4.39 Å². The topological polar surface area (TPSA) is 35.2 Å². The van der Waals surface area contributed by atoms with Gasteiger partial charge in [0.1, 0.15) is 17.7 Å². The lowest BCUT2D eigenvalue weighted by Crippen LogP contribution is -2.28. The Morgan fingerprint density at radius 1 is 1.39 bits per heavy atom. The second kappa shape index (κ2) is 5.82. The zero-order chi connectivity index (χ0) is 13.1. The zero-order valence-corrected chi connectivity index (χ0v) is 12.2. The average Bonchev–Trinajstić information content (AvgIpc) is 2.80. The second-order valence-corrected chi connectivity index (χ2v) is 5.66. The van der Waals surface area contributed by atoms with Crippen molar-refractivity contribution in [3.63, 3.8) is 0 Å². The van der Waals surface area contributed by atoms with E-state index < -0.39 is 0 Å². The van der Waals surface area contributed by atoms with Gasteiger partial charge in [0.2, 0.25) is 0 Å². The van der Waals surface area contributed by atoms with E-state index in [0.29, 0.717) is 10.2 Å². The summed E-state index contributed by atoms with van der Waals surface area (Å²) in [6, 6.07) is 6.17. The number of nitrogens with two attached hydrogens (primary N) is 1. The van der Waals surface area contributed by atoms with Gasteiger partial charge in [-0.3, -0.25) is 0 Å². The van der Waals surface area contributed by atoms with Gasteiger partial charge < -0.3 is 10.5 Å². The van der Waals surface area contributed by atoms with Crippen molar-refractivity contribution in [1.82, 2.24) is 0 Å². The molecule has 2 aromatic rings. The van der Waals surface area contributed by atoms with E-state index in [1.807, 2.05) is 23.8 Å². The second-order valence-electron chi connectivity index (χ2n) is 4.03. The molecule has 0 bridgehead atoms. The molecule has 1 aromatic carbocycles. The molecule has 0 aliphatic rings. The van der Waals surface area contributed by atoms with Crippen LogP contribution in [0.3, 0.4) is 0 Å². The van der Waals surface area contributed by atoms with Crippen molar-refractivity contribution in [2.45, 2.75) is 19.1 Å². The van der Waals surface area contributed by atoms with Crippen LogP contribution in [-0.2, 0) is 0 Å². The molecule has 0 amide bonds. The summed E-state index contributed by atoms with van der Waals surface area (Å²) in [7, 11) is 0. The normalized spacial score (nSPS) is 14.2. The van der Waals surface area contributed by atoms with Crippen LogP contribution in [0.5, 0.6) is 5.75 Å². The summed E-state index contributed by atoms with van der Waals surface area (Å²) < 4.78 is 19.5. The number of hydrogen-bond donors (Lipinski definition) is 1. The Labute approximate surface area is 118 Å². The summed E-state index contributed by atoms with van der Waals surface area (Å²) >= 11 is 4.88. The molecule has 1 heterocycles. The van der Waals surface area contributed by atoms with Crippen LogP contribution in [0, 0.1) is 5.82 Å². The Morgan fingerprint density at radius 3 is 2.72 bits per heavy atom. The average molecular weight is 330 g/mol. The maximum atomic E-state index is 13.0. The van der Waals surface area contributed by atoms with Crippen LogP contribution in [0.2, 0.25) is 0 Å². The van der Waals surface area contributed by atoms with E-state index in [-0.39, 0.29) is 18.0 Å². The van der Waals surface area contributed by atoms with Crippen LogP contribution in [0.1, 0.15) is 18.6 Å². The fraction of sp³-hybridized carbons (Fsp3) is 0.231. The van der Waals surface area contributed by atoms with E-state index in [1.165, 1.54) is 12.1 Å². The van der Waals surface area contributed by atoms with Crippen LogP contribution in [0.25, 0.3) is 0 Å². The molecule has 2 nitrogen and oxygen atoms in total. The third-order valence-electron chi connectivity index (χ3n) is 2.50. The Hall–Kier alpha value is -0.910. The molecule has 0 fully saturated rings. The van der Waals surface area contributed by atoms with Crippen LogP contribution in [-0.4, -0.2) is 6.04 Å². The maximum Gasteiger partial charge on any atom is 0.139 e. The van der Waals surface area contributed by atoms with E-state index >= 15 is 0 Å². The van der Waals surface area contributed by atoms with Crippen molar-refractivity contribution in [3.8, 4) is 5.75 Å². The highest BCUT2D eigenvalue weighted by Gasteiger charge is 2.19. The highest BCUT2D eigenvalue weighted by molar-refractivity contribution is 9.10. The molecule has 0 aliphatic carbocycles. The van der Waals surface area contributed by atoms with E-state index in [2.05, 4.69) is 15.9 Å². The predicted molar refractivity (Wildman–Crippen MR) is 75.4 cm³/mol. The van der Waals surface area contributed by atoms with Gasteiger partial charge in [-0.15, -0.1) is 0 Å². The molecule has 2 atom stereocenters. The standard InChI is InChI=1S/C13H13BrFNOS/c1-8(16)13(9-4-5-18-7-9)17-12-3-2-10(15)6-11(12)14/h2-8,13H,16H2,1H3. The third-order valence-corrected chi connectivity index (χ3v) is 3.82. The first-order chi connectivity index (χ1) is 8.58. The predicted octanol–water partition coefficient (Wildman–Crippen LogP) is 4.12. The minimum absolute atomic E-state index is 0.156. The van der Waals surface area contributed by atoms with Gasteiger partial charge in [0.15, 0.2) is 0 Å². The SMILES string of the molecule is CC(N)C(Oc1ccc(F)cc1Br)c1ccsc1. The molecule has 96 valence electrons. The maximum absolute atomic E-state index is 13.0. The number of halogens is 2. The molecule has 2 rings (SSSR count). The molecule has 0 spiro atoms. The lowest BCUT2D eigenvalue weighted by molar-refractivity contribution is 0.179. The van der Waals surface area contributed by atoms with Gasteiger partial charge >= 0.3 is 0 Å². The summed E-state index contributed by atoms with van der Waals surface area (Å²) in [4.78, 5) is 0. The molecule has 0 saturated heterocycles. The van der Waals surface area contributed by atoms with Gasteiger partial charge in [0.05, 0.1) is 4.47 Å². The van der Waals surface area contributed by atoms with Crippen LogP contribution in [0.15, 0.2) is 39.5 Å². The quantitative estimate of drug-likeness (QED) is 0.915. The zero-order valence-electron chi connectivity index (χ0n) is 9.77. The molecule has 5 heteroatoms. The van der Waals surface area contributed by atoms with Crippen LogP contribution >= 0.6 is 27.3 Å². The molecule has 2 unspecified atom stereocenters. The monoisotopic (exact) mass is 329 g/mol. The Kier molecular flexibility index (Phi) is 4.37. The molecule has 0 aliphatic heterocycles. The Balaban J connectivity index is 2.24. The Bertz CT molecular complexity index is 516.